The van der Waals surface area contributed by atoms with Crippen LogP contribution in [-0.2, 0) is 16.0 Å². The minimum Gasteiger partial charge on any atom is -0.469 e. The lowest BCUT2D eigenvalue weighted by atomic mass is 9.51. The van der Waals surface area contributed by atoms with Gasteiger partial charge in [0, 0.05) is 21.6 Å². The first-order chi connectivity index (χ1) is 13.3. The van der Waals surface area contributed by atoms with Crippen LogP contribution in [0.3, 0.4) is 0 Å². The number of nitrogens with one attached hydrogen (secondary N) is 1. The number of benzene rings is 1. The van der Waals surface area contributed by atoms with Gasteiger partial charge in [0.2, 0.25) is 0 Å². The summed E-state index contributed by atoms with van der Waals surface area (Å²) >= 11 is 3.62. The third-order valence-corrected chi connectivity index (χ3v) is 8.24. The number of hydrogen-bond donors (Lipinski definition) is 1. The van der Waals surface area contributed by atoms with E-state index < -0.39 is 5.41 Å². The third kappa shape index (κ3) is 2.96. The van der Waals surface area contributed by atoms with E-state index in [4.69, 9.17) is 4.74 Å². The van der Waals surface area contributed by atoms with Gasteiger partial charge in [0.05, 0.1) is 12.5 Å². The molecule has 1 fully saturated rings. The van der Waals surface area contributed by atoms with Gasteiger partial charge in [0.15, 0.2) is 0 Å². The number of fused-ring (bicyclic) bond motifs is 2. The summed E-state index contributed by atoms with van der Waals surface area (Å²) < 4.78 is 6.34. The zero-order valence-corrected chi connectivity index (χ0v) is 18.9. The number of carbonyl (C=O) groups excluding carboxylic acids is 1. The van der Waals surface area contributed by atoms with Gasteiger partial charge in [-0.2, -0.15) is 0 Å². The van der Waals surface area contributed by atoms with Crippen molar-refractivity contribution >= 4 is 32.8 Å². The van der Waals surface area contributed by atoms with Crippen molar-refractivity contribution in [3.8, 4) is 0 Å². The number of hydrogen-bond acceptors (Lipinski definition) is 2. The Morgan fingerprint density at radius 1 is 1.32 bits per heavy atom. The Hall–Kier alpha value is -1.55. The Kier molecular flexibility index (Phi) is 4.97. The highest BCUT2D eigenvalue weighted by molar-refractivity contribution is 9.10. The average Bonchev–Trinajstić information content (AvgIpc) is 3.06. The fourth-order valence-electron chi connectivity index (χ4n) is 5.76. The monoisotopic (exact) mass is 443 g/mol. The molecule has 2 aliphatic rings. The molecule has 1 N–H and O–H groups in total. The van der Waals surface area contributed by atoms with E-state index >= 15 is 0 Å². The summed E-state index contributed by atoms with van der Waals surface area (Å²) in [6.07, 6.45) is 9.67. The van der Waals surface area contributed by atoms with Crippen molar-refractivity contribution in [2.45, 2.75) is 52.9 Å². The fourth-order valence-corrected chi connectivity index (χ4v) is 6.12. The van der Waals surface area contributed by atoms with Crippen LogP contribution in [-0.4, -0.2) is 18.1 Å². The van der Waals surface area contributed by atoms with E-state index in [0.717, 1.165) is 36.6 Å². The predicted octanol–water partition coefficient (Wildman–Crippen LogP) is 6.42. The van der Waals surface area contributed by atoms with Crippen molar-refractivity contribution in [2.24, 2.45) is 22.7 Å². The van der Waals surface area contributed by atoms with Crippen LogP contribution < -0.4 is 0 Å². The molecule has 28 heavy (non-hydrogen) atoms. The summed E-state index contributed by atoms with van der Waals surface area (Å²) in [5.74, 6) is 0.815. The molecule has 0 amide bonds. The first-order valence-electron chi connectivity index (χ1n) is 10.3. The van der Waals surface area contributed by atoms with Gasteiger partial charge in [0.1, 0.15) is 0 Å². The van der Waals surface area contributed by atoms with Crippen LogP contribution >= 0.6 is 15.9 Å². The molecule has 4 heteroatoms. The Bertz CT molecular complexity index is 945. The van der Waals surface area contributed by atoms with Gasteiger partial charge < -0.3 is 9.72 Å². The van der Waals surface area contributed by atoms with E-state index in [0.29, 0.717) is 5.92 Å². The number of halogens is 1. The number of esters is 1. The second kappa shape index (κ2) is 7.05. The molecule has 4 atom stereocenters. The molecular formula is C24H30BrNO2. The van der Waals surface area contributed by atoms with Crippen LogP contribution in [0.2, 0.25) is 0 Å². The lowest BCUT2D eigenvalue weighted by molar-refractivity contribution is -0.156. The van der Waals surface area contributed by atoms with Crippen LogP contribution in [0.4, 0.5) is 0 Å². The molecule has 1 heterocycles. The Balaban J connectivity index is 1.75. The minimum absolute atomic E-state index is 0.0453. The highest BCUT2D eigenvalue weighted by Gasteiger charge is 2.53. The maximum atomic E-state index is 12.7. The first kappa shape index (κ1) is 19.8. The van der Waals surface area contributed by atoms with E-state index in [2.05, 4.69) is 72.2 Å². The van der Waals surface area contributed by atoms with Gasteiger partial charge in [-0.05, 0) is 80.0 Å². The first-order valence-corrected chi connectivity index (χ1v) is 11.1. The normalized spacial score (nSPS) is 32.7. The highest BCUT2D eigenvalue weighted by Crippen LogP contribution is 2.58. The third-order valence-electron chi connectivity index (χ3n) is 7.75. The van der Waals surface area contributed by atoms with Gasteiger partial charge in [-0.25, -0.2) is 0 Å². The summed E-state index contributed by atoms with van der Waals surface area (Å²) in [5, 5.41) is 1.29. The lowest BCUT2D eigenvalue weighted by Gasteiger charge is -2.52. The number of carbonyl (C=O) groups is 1. The van der Waals surface area contributed by atoms with Gasteiger partial charge in [-0.1, -0.05) is 41.4 Å². The summed E-state index contributed by atoms with van der Waals surface area (Å²) in [7, 11) is 1.53. The minimum atomic E-state index is -0.399. The van der Waals surface area contributed by atoms with E-state index in [1.54, 1.807) is 0 Å². The van der Waals surface area contributed by atoms with Gasteiger partial charge in [-0.15, -0.1) is 0 Å². The Labute approximate surface area is 176 Å². The van der Waals surface area contributed by atoms with Crippen LogP contribution in [0.1, 0.15) is 52.0 Å². The van der Waals surface area contributed by atoms with Crippen molar-refractivity contribution in [1.82, 2.24) is 4.98 Å². The zero-order valence-electron chi connectivity index (χ0n) is 17.3. The molecule has 150 valence electrons. The lowest BCUT2D eigenvalue weighted by Crippen LogP contribution is -2.48. The van der Waals surface area contributed by atoms with Gasteiger partial charge in [0.25, 0.3) is 0 Å². The molecule has 1 aromatic heterocycles. The molecule has 4 rings (SSSR count). The number of methoxy groups -OCH3 is 1. The maximum Gasteiger partial charge on any atom is 0.312 e. The summed E-state index contributed by atoms with van der Waals surface area (Å²) in [5.41, 5.74) is 3.67. The molecular weight excluding hydrogens is 414 g/mol. The molecule has 0 saturated heterocycles. The second-order valence-corrected chi connectivity index (χ2v) is 10.2. The number of allylic oxidation sites excluding steroid dienone is 2. The molecule has 1 saturated carbocycles. The van der Waals surface area contributed by atoms with Crippen molar-refractivity contribution in [3.05, 3.63) is 46.1 Å². The summed E-state index contributed by atoms with van der Waals surface area (Å²) in [6, 6.07) is 6.42. The molecule has 0 aliphatic heterocycles. The van der Waals surface area contributed by atoms with E-state index in [-0.39, 0.29) is 17.3 Å². The zero-order chi connectivity index (χ0) is 20.1. The van der Waals surface area contributed by atoms with Gasteiger partial charge in [-0.3, -0.25) is 4.79 Å². The molecule has 1 aromatic carbocycles. The van der Waals surface area contributed by atoms with E-state index in [9.17, 15) is 4.79 Å². The summed E-state index contributed by atoms with van der Waals surface area (Å²) in [4.78, 5) is 16.1. The summed E-state index contributed by atoms with van der Waals surface area (Å²) in [6.45, 7) is 6.91. The highest BCUT2D eigenvalue weighted by atomic mass is 79.9. The topological polar surface area (TPSA) is 42.1 Å². The van der Waals surface area contributed by atoms with Crippen LogP contribution in [0, 0.1) is 22.7 Å². The van der Waals surface area contributed by atoms with Gasteiger partial charge >= 0.3 is 5.97 Å². The molecule has 3 nitrogen and oxygen atoms in total. The average molecular weight is 444 g/mol. The Morgan fingerprint density at radius 3 is 2.86 bits per heavy atom. The number of aromatic nitrogens is 1. The quantitative estimate of drug-likeness (QED) is 0.438. The molecule has 0 radical (unpaired) electrons. The largest absolute Gasteiger partial charge is 0.469 e. The number of aromatic amines is 1. The molecule has 2 aromatic rings. The van der Waals surface area contributed by atoms with Crippen molar-refractivity contribution in [1.29, 1.82) is 0 Å². The van der Waals surface area contributed by atoms with Crippen molar-refractivity contribution in [3.63, 3.8) is 0 Å². The second-order valence-electron chi connectivity index (χ2n) is 9.24. The molecule has 0 unspecified atom stereocenters. The molecule has 0 bridgehead atoms. The predicted molar refractivity (Wildman–Crippen MR) is 117 cm³/mol. The molecule has 2 aliphatic carbocycles. The van der Waals surface area contributed by atoms with Crippen molar-refractivity contribution in [2.75, 3.05) is 7.11 Å². The smallest absolute Gasteiger partial charge is 0.312 e. The van der Waals surface area contributed by atoms with Crippen molar-refractivity contribution < 1.29 is 9.53 Å². The maximum absolute atomic E-state index is 12.7. The number of rotatable bonds is 3. The Morgan fingerprint density at radius 2 is 2.11 bits per heavy atom. The SMILES string of the molecule is COC(=O)[C@@]1(C)CCC=C2[C@@H]1CC[C@@H](C)[C@]2(C)Cc1c[nH]c2ccc(Br)cc12. The fraction of sp³-hybridized carbons (Fsp3) is 0.542. The van der Waals surface area contributed by atoms with Crippen LogP contribution in [0.5, 0.6) is 0 Å². The van der Waals surface area contributed by atoms with Crippen LogP contribution in [0.15, 0.2) is 40.5 Å². The van der Waals surface area contributed by atoms with E-state index in [1.165, 1.54) is 29.1 Å². The van der Waals surface area contributed by atoms with E-state index in [1.807, 2.05) is 0 Å². The van der Waals surface area contributed by atoms with Crippen LogP contribution in [0.25, 0.3) is 10.9 Å². The number of ether oxygens (including phenoxy) is 1. The molecule has 0 spiro atoms. The standard InChI is InChI=1S/C24H30BrNO2/c1-15-7-9-20-19(6-5-11-23(20,2)22(27)28-4)24(15,3)13-16-14-26-21-10-8-17(25)12-18(16)21/h6,8,10,12,14-15,20,26H,5,7,9,11,13H2,1-4H3/t15-,20+,23+,24+/m1/s1. The number of H-pyrrole nitrogens is 1.